The van der Waals surface area contributed by atoms with Crippen LogP contribution in [0.15, 0.2) is 49.1 Å². The lowest BCUT2D eigenvalue weighted by Crippen LogP contribution is -2.40. The minimum Gasteiger partial charge on any atom is -0.494 e. The number of aryl methyl sites for hydroxylation is 2. The molecule has 4 aromatic heterocycles. The summed E-state index contributed by atoms with van der Waals surface area (Å²) in [6, 6.07) is 7.18. The summed E-state index contributed by atoms with van der Waals surface area (Å²) in [5.74, 6) is 1.41. The van der Waals surface area contributed by atoms with Gasteiger partial charge in [0.05, 0.1) is 18.9 Å². The molecule has 6 rings (SSSR count). The minimum atomic E-state index is -0.452. The zero-order valence-electron chi connectivity index (χ0n) is 21.0. The molecule has 0 saturated heterocycles. The summed E-state index contributed by atoms with van der Waals surface area (Å²) in [5, 5.41) is 13.0. The Morgan fingerprint density at radius 1 is 1.05 bits per heavy atom. The Labute approximate surface area is 212 Å². The third kappa shape index (κ3) is 3.91. The number of fused-ring (bicyclic) bond motifs is 1. The number of anilines is 1. The lowest BCUT2D eigenvalue weighted by molar-refractivity contribution is 0.0328. The Hall–Kier alpha value is -4.25. The van der Waals surface area contributed by atoms with E-state index in [2.05, 4.69) is 15.4 Å². The van der Waals surface area contributed by atoms with Gasteiger partial charge in [0.25, 0.3) is 0 Å². The Morgan fingerprint density at radius 3 is 2.57 bits per heavy atom. The van der Waals surface area contributed by atoms with Crippen molar-refractivity contribution in [1.82, 2.24) is 33.9 Å². The highest BCUT2D eigenvalue weighted by atomic mass is 19.1. The molecule has 4 heterocycles. The standard InChI is InChI=1S/C26H27FN8O2/c1-33-11-9-28-26(33)25-30-24(29-15-12-16(13-15)36-3)23-21(19-8-10-34(2)31-19)18(14-35(23)32-25)17-6-5-7-20(37-4)22(17)27/h5-11,14-16H,12-13H2,1-4H3,(H,29,30,32)/t15-,16-. The second-order valence-electron chi connectivity index (χ2n) is 9.22. The molecule has 1 aromatic carbocycles. The van der Waals surface area contributed by atoms with E-state index in [-0.39, 0.29) is 17.9 Å². The van der Waals surface area contributed by atoms with Crippen molar-refractivity contribution in [2.45, 2.75) is 25.0 Å². The largest absolute Gasteiger partial charge is 0.494 e. The van der Waals surface area contributed by atoms with Crippen LogP contribution in [0.2, 0.25) is 0 Å². The molecular formula is C26H27FN8O2. The van der Waals surface area contributed by atoms with E-state index in [0.717, 1.165) is 18.4 Å². The summed E-state index contributed by atoms with van der Waals surface area (Å²) in [7, 11) is 6.92. The number of nitrogens with zero attached hydrogens (tertiary/aromatic N) is 7. The zero-order valence-corrected chi connectivity index (χ0v) is 21.0. The predicted octanol–water partition coefficient (Wildman–Crippen LogP) is 3.93. The molecule has 0 aliphatic heterocycles. The van der Waals surface area contributed by atoms with Crippen LogP contribution in [0.4, 0.5) is 10.2 Å². The maximum Gasteiger partial charge on any atom is 0.218 e. The van der Waals surface area contributed by atoms with Crippen LogP contribution in [0.1, 0.15) is 12.8 Å². The van der Waals surface area contributed by atoms with Gasteiger partial charge in [0.2, 0.25) is 5.82 Å². The molecule has 11 heteroatoms. The highest BCUT2D eigenvalue weighted by Gasteiger charge is 2.31. The minimum absolute atomic E-state index is 0.165. The monoisotopic (exact) mass is 502 g/mol. The molecule has 37 heavy (non-hydrogen) atoms. The first kappa shape index (κ1) is 23.2. The van der Waals surface area contributed by atoms with Crippen LogP contribution in [0.3, 0.4) is 0 Å². The highest BCUT2D eigenvalue weighted by Crippen LogP contribution is 2.42. The van der Waals surface area contributed by atoms with Gasteiger partial charge in [-0.15, -0.1) is 5.10 Å². The normalized spacial score (nSPS) is 17.2. The van der Waals surface area contributed by atoms with Crippen LogP contribution < -0.4 is 10.1 Å². The molecule has 1 saturated carbocycles. The molecule has 1 fully saturated rings. The van der Waals surface area contributed by atoms with E-state index in [9.17, 15) is 0 Å². The summed E-state index contributed by atoms with van der Waals surface area (Å²) in [4.78, 5) is 9.36. The zero-order chi connectivity index (χ0) is 25.7. The predicted molar refractivity (Wildman–Crippen MR) is 137 cm³/mol. The molecule has 1 aliphatic rings. The molecule has 0 bridgehead atoms. The maximum atomic E-state index is 15.6. The number of hydrogen-bond donors (Lipinski definition) is 1. The molecule has 0 atom stereocenters. The molecule has 190 valence electrons. The van der Waals surface area contributed by atoms with Crippen LogP contribution >= 0.6 is 0 Å². The van der Waals surface area contributed by atoms with Gasteiger partial charge in [0.15, 0.2) is 23.2 Å². The molecule has 0 amide bonds. The van der Waals surface area contributed by atoms with Crippen molar-refractivity contribution in [1.29, 1.82) is 0 Å². The molecule has 0 spiro atoms. The first-order valence-corrected chi connectivity index (χ1v) is 12.0. The third-order valence-electron chi connectivity index (χ3n) is 6.86. The number of nitrogens with one attached hydrogen (secondary N) is 1. The Morgan fingerprint density at radius 2 is 1.89 bits per heavy atom. The van der Waals surface area contributed by atoms with E-state index in [1.807, 2.05) is 43.3 Å². The summed E-state index contributed by atoms with van der Waals surface area (Å²) in [6.07, 6.45) is 9.16. The van der Waals surface area contributed by atoms with E-state index in [1.54, 1.807) is 40.7 Å². The lowest BCUT2D eigenvalue weighted by atomic mass is 9.89. The van der Waals surface area contributed by atoms with Crippen LogP contribution in [0.25, 0.3) is 39.5 Å². The van der Waals surface area contributed by atoms with Crippen molar-refractivity contribution in [3.8, 4) is 39.8 Å². The first-order chi connectivity index (χ1) is 18.0. The summed E-state index contributed by atoms with van der Waals surface area (Å²) in [6.45, 7) is 0. The van der Waals surface area contributed by atoms with Crippen molar-refractivity contribution in [3.63, 3.8) is 0 Å². The SMILES string of the molecule is COc1cccc(-c2cn3nc(-c4nccn4C)nc(N[C@H]4C[C@H](OC)C4)c3c2-c2ccn(C)n2)c1F. The molecular weight excluding hydrogens is 475 g/mol. The number of aromatic nitrogens is 7. The average Bonchev–Trinajstić information content (AvgIpc) is 3.58. The summed E-state index contributed by atoms with van der Waals surface area (Å²) >= 11 is 0. The van der Waals surface area contributed by atoms with E-state index < -0.39 is 5.82 Å². The topological polar surface area (TPSA) is 96.3 Å². The fourth-order valence-corrected chi connectivity index (χ4v) is 4.82. The fraction of sp³-hybridized carbons (Fsp3) is 0.308. The van der Waals surface area contributed by atoms with E-state index >= 15 is 4.39 Å². The van der Waals surface area contributed by atoms with Crippen molar-refractivity contribution >= 4 is 11.3 Å². The van der Waals surface area contributed by atoms with Gasteiger partial charge in [-0.3, -0.25) is 4.68 Å². The van der Waals surface area contributed by atoms with Crippen molar-refractivity contribution in [2.75, 3.05) is 19.5 Å². The molecule has 5 aromatic rings. The van der Waals surface area contributed by atoms with E-state index in [0.29, 0.717) is 39.8 Å². The first-order valence-electron chi connectivity index (χ1n) is 12.0. The van der Waals surface area contributed by atoms with Gasteiger partial charge in [0, 0.05) is 68.7 Å². The Balaban J connectivity index is 1.62. The number of imidazole rings is 1. The van der Waals surface area contributed by atoms with Crippen molar-refractivity contribution < 1.29 is 13.9 Å². The molecule has 10 nitrogen and oxygen atoms in total. The van der Waals surface area contributed by atoms with E-state index in [4.69, 9.17) is 19.6 Å². The van der Waals surface area contributed by atoms with Crippen molar-refractivity contribution in [2.24, 2.45) is 14.1 Å². The quantitative estimate of drug-likeness (QED) is 0.360. The second-order valence-corrected chi connectivity index (χ2v) is 9.22. The van der Waals surface area contributed by atoms with Gasteiger partial charge in [-0.1, -0.05) is 12.1 Å². The van der Waals surface area contributed by atoms with E-state index in [1.165, 1.54) is 7.11 Å². The number of ether oxygens (including phenoxy) is 2. The molecule has 1 aliphatic carbocycles. The summed E-state index contributed by atoms with van der Waals surface area (Å²) < 4.78 is 31.6. The van der Waals surface area contributed by atoms with Crippen molar-refractivity contribution in [3.05, 3.63) is 54.9 Å². The summed E-state index contributed by atoms with van der Waals surface area (Å²) in [5.41, 5.74) is 3.13. The number of methoxy groups -OCH3 is 2. The van der Waals surface area contributed by atoms with Gasteiger partial charge in [-0.05, 0) is 25.0 Å². The molecule has 0 unspecified atom stereocenters. The maximum absolute atomic E-state index is 15.6. The third-order valence-corrected chi connectivity index (χ3v) is 6.86. The van der Waals surface area contributed by atoms with Gasteiger partial charge in [0.1, 0.15) is 5.52 Å². The second kappa shape index (κ2) is 9.00. The Kier molecular flexibility index (Phi) is 5.64. The van der Waals surface area contributed by atoms with Gasteiger partial charge in [-0.25, -0.2) is 18.9 Å². The average molecular weight is 503 g/mol. The number of rotatable bonds is 7. The number of hydrogen-bond acceptors (Lipinski definition) is 7. The van der Waals surface area contributed by atoms with Crippen LogP contribution in [-0.2, 0) is 18.8 Å². The van der Waals surface area contributed by atoms with Gasteiger partial charge in [-0.2, -0.15) is 5.10 Å². The Bertz CT molecular complexity index is 1600. The fourth-order valence-electron chi connectivity index (χ4n) is 4.82. The highest BCUT2D eigenvalue weighted by molar-refractivity contribution is 5.98. The number of benzene rings is 1. The smallest absolute Gasteiger partial charge is 0.218 e. The lowest BCUT2D eigenvalue weighted by Gasteiger charge is -2.35. The van der Waals surface area contributed by atoms with Gasteiger partial charge >= 0.3 is 0 Å². The van der Waals surface area contributed by atoms with Crippen LogP contribution in [-0.4, -0.2) is 60.3 Å². The van der Waals surface area contributed by atoms with Crippen LogP contribution in [0.5, 0.6) is 5.75 Å². The molecule has 1 N–H and O–H groups in total. The van der Waals surface area contributed by atoms with Crippen LogP contribution in [0, 0.1) is 5.82 Å². The molecule has 0 radical (unpaired) electrons. The number of halogens is 1. The van der Waals surface area contributed by atoms with Gasteiger partial charge < -0.3 is 19.4 Å².